The van der Waals surface area contributed by atoms with Gasteiger partial charge in [-0.25, -0.2) is 0 Å². The number of aliphatic hydroxyl groups excluding tert-OH is 2. The molecule has 0 aromatic carbocycles. The Hall–Kier alpha value is 0.110. The van der Waals surface area contributed by atoms with E-state index in [1.54, 1.807) is 6.66 Å². The van der Waals surface area contributed by atoms with Gasteiger partial charge in [0.25, 0.3) is 0 Å². The van der Waals surface area contributed by atoms with E-state index in [4.69, 9.17) is 4.52 Å². The van der Waals surface area contributed by atoms with Gasteiger partial charge >= 0.3 is 0 Å². The topological polar surface area (TPSA) is 66.8 Å². The number of hydrogen-bond donors (Lipinski definition) is 2. The lowest BCUT2D eigenvalue weighted by Crippen LogP contribution is -2.22. The van der Waals surface area contributed by atoms with Crippen molar-refractivity contribution in [3.8, 4) is 0 Å². The molecule has 0 bridgehead atoms. The number of rotatable bonds is 9. The molecule has 120 valence electrons. The maximum absolute atomic E-state index is 11.9. The molecule has 0 radical (unpaired) electrons. The van der Waals surface area contributed by atoms with Gasteiger partial charge in [0.2, 0.25) is 0 Å². The molecule has 5 unspecified atom stereocenters. The van der Waals surface area contributed by atoms with E-state index >= 15 is 0 Å². The number of aliphatic hydroxyl groups is 2. The molecule has 4 nitrogen and oxygen atoms in total. The van der Waals surface area contributed by atoms with E-state index in [2.05, 4.69) is 6.92 Å². The molecular formula is C15H31O4P. The summed E-state index contributed by atoms with van der Waals surface area (Å²) in [6.07, 6.45) is 6.36. The number of unbranched alkanes of at least 4 members (excludes halogenated alkanes) is 2. The third-order valence-electron chi connectivity index (χ3n) is 4.65. The third kappa shape index (κ3) is 5.48. The summed E-state index contributed by atoms with van der Waals surface area (Å²) in [4.78, 5) is 0. The van der Waals surface area contributed by atoms with E-state index in [1.807, 2.05) is 0 Å². The Kier molecular flexibility index (Phi) is 7.74. The van der Waals surface area contributed by atoms with Crippen LogP contribution in [0.2, 0.25) is 0 Å². The molecule has 20 heavy (non-hydrogen) atoms. The summed E-state index contributed by atoms with van der Waals surface area (Å²) < 4.78 is 16.9. The molecule has 0 amide bonds. The summed E-state index contributed by atoms with van der Waals surface area (Å²) in [6.45, 7) is 3.83. The quantitative estimate of drug-likeness (QED) is 0.507. The summed E-state index contributed by atoms with van der Waals surface area (Å²) >= 11 is 0. The van der Waals surface area contributed by atoms with Crippen molar-refractivity contribution in [3.63, 3.8) is 0 Å². The largest absolute Gasteiger partial charge is 0.393 e. The molecule has 0 aromatic rings. The van der Waals surface area contributed by atoms with Crippen LogP contribution in [0.5, 0.6) is 0 Å². The molecule has 2 N–H and O–H groups in total. The van der Waals surface area contributed by atoms with E-state index in [-0.39, 0.29) is 17.9 Å². The smallest absolute Gasteiger partial charge is 0.199 e. The first-order chi connectivity index (χ1) is 9.41. The van der Waals surface area contributed by atoms with Crippen molar-refractivity contribution in [1.29, 1.82) is 0 Å². The minimum atomic E-state index is -2.46. The summed E-state index contributed by atoms with van der Waals surface area (Å²) in [5, 5.41) is 20.2. The molecule has 0 aliphatic heterocycles. The summed E-state index contributed by atoms with van der Waals surface area (Å²) in [7, 11) is -0.967. The molecule has 0 heterocycles. The minimum Gasteiger partial charge on any atom is -0.393 e. The van der Waals surface area contributed by atoms with Crippen molar-refractivity contribution in [2.24, 2.45) is 11.8 Å². The van der Waals surface area contributed by atoms with Crippen LogP contribution < -0.4 is 0 Å². The normalized spacial score (nSPS) is 33.2. The van der Waals surface area contributed by atoms with Crippen LogP contribution in [0, 0.1) is 11.8 Å². The van der Waals surface area contributed by atoms with E-state index in [0.717, 1.165) is 25.7 Å². The summed E-state index contributed by atoms with van der Waals surface area (Å²) in [5.41, 5.74) is 0. The van der Waals surface area contributed by atoms with E-state index in [0.29, 0.717) is 12.6 Å². The molecule has 1 rings (SSSR count). The average Bonchev–Trinajstić information content (AvgIpc) is 2.65. The van der Waals surface area contributed by atoms with Crippen LogP contribution in [0.3, 0.4) is 0 Å². The van der Waals surface area contributed by atoms with Crippen molar-refractivity contribution >= 4 is 7.37 Å². The van der Waals surface area contributed by atoms with Crippen molar-refractivity contribution in [2.45, 2.75) is 64.1 Å². The van der Waals surface area contributed by atoms with Crippen LogP contribution in [0.25, 0.3) is 0 Å². The van der Waals surface area contributed by atoms with Gasteiger partial charge in [-0.15, -0.1) is 0 Å². The second-order valence-corrected chi connectivity index (χ2v) is 9.10. The van der Waals surface area contributed by atoms with Gasteiger partial charge in [-0.05, 0) is 37.5 Å². The highest BCUT2D eigenvalue weighted by molar-refractivity contribution is 7.58. The van der Waals surface area contributed by atoms with Gasteiger partial charge < -0.3 is 14.7 Å². The second kappa shape index (κ2) is 8.53. The van der Waals surface area contributed by atoms with E-state index < -0.39 is 13.5 Å². The molecule has 1 aliphatic carbocycles. The van der Waals surface area contributed by atoms with Crippen LogP contribution in [0.4, 0.5) is 0 Å². The lowest BCUT2D eigenvalue weighted by atomic mass is 9.86. The fraction of sp³-hybridized carbons (Fsp3) is 1.00. The van der Waals surface area contributed by atoms with Crippen molar-refractivity contribution in [2.75, 3.05) is 19.9 Å². The molecule has 5 atom stereocenters. The maximum atomic E-state index is 11.9. The maximum Gasteiger partial charge on any atom is 0.199 e. The zero-order chi connectivity index (χ0) is 15.2. The fourth-order valence-electron chi connectivity index (χ4n) is 3.32. The monoisotopic (exact) mass is 306 g/mol. The van der Waals surface area contributed by atoms with Crippen molar-refractivity contribution < 1.29 is 19.3 Å². The zero-order valence-electron chi connectivity index (χ0n) is 13.1. The highest BCUT2D eigenvalue weighted by Gasteiger charge is 2.40. The molecule has 0 aromatic heterocycles. The third-order valence-corrected chi connectivity index (χ3v) is 6.55. The van der Waals surface area contributed by atoms with Crippen LogP contribution in [0.15, 0.2) is 0 Å². The molecule has 0 saturated heterocycles. The highest BCUT2D eigenvalue weighted by atomic mass is 31.2. The first-order valence-electron chi connectivity index (χ1n) is 7.89. The zero-order valence-corrected chi connectivity index (χ0v) is 14.0. The van der Waals surface area contributed by atoms with E-state index in [9.17, 15) is 14.8 Å². The predicted octanol–water partition coefficient (Wildman–Crippen LogP) is 3.26. The Morgan fingerprint density at radius 1 is 1.10 bits per heavy atom. The SMILES string of the molecule is CCCCCC1C(O)CC(O)C1CCCP(C)(=O)OC. The van der Waals surface area contributed by atoms with Gasteiger partial charge in [0.15, 0.2) is 7.37 Å². The van der Waals surface area contributed by atoms with Gasteiger partial charge in [-0.3, -0.25) is 4.57 Å². The second-order valence-electron chi connectivity index (χ2n) is 6.26. The van der Waals surface area contributed by atoms with Gasteiger partial charge in [0.05, 0.1) is 12.2 Å². The average molecular weight is 306 g/mol. The lowest BCUT2D eigenvalue weighted by Gasteiger charge is -2.24. The first kappa shape index (κ1) is 18.2. The lowest BCUT2D eigenvalue weighted by molar-refractivity contribution is 0.101. The van der Waals surface area contributed by atoms with Crippen LogP contribution in [0.1, 0.15) is 51.9 Å². The van der Waals surface area contributed by atoms with Crippen LogP contribution >= 0.6 is 7.37 Å². The predicted molar refractivity (Wildman–Crippen MR) is 82.4 cm³/mol. The Morgan fingerprint density at radius 3 is 2.15 bits per heavy atom. The van der Waals surface area contributed by atoms with Crippen LogP contribution in [-0.4, -0.2) is 42.4 Å². The minimum absolute atomic E-state index is 0.152. The van der Waals surface area contributed by atoms with E-state index in [1.165, 1.54) is 20.0 Å². The molecule has 0 spiro atoms. The Morgan fingerprint density at radius 2 is 1.65 bits per heavy atom. The highest BCUT2D eigenvalue weighted by Crippen LogP contribution is 2.44. The van der Waals surface area contributed by atoms with Crippen molar-refractivity contribution in [1.82, 2.24) is 0 Å². The van der Waals surface area contributed by atoms with Gasteiger partial charge in [-0.2, -0.15) is 0 Å². The van der Waals surface area contributed by atoms with Crippen LogP contribution in [-0.2, 0) is 9.09 Å². The summed E-state index contributed by atoms with van der Waals surface area (Å²) in [6, 6.07) is 0. The number of hydrogen-bond acceptors (Lipinski definition) is 4. The van der Waals surface area contributed by atoms with Crippen molar-refractivity contribution in [3.05, 3.63) is 0 Å². The Balaban J connectivity index is 2.45. The van der Waals surface area contributed by atoms with Gasteiger partial charge in [0.1, 0.15) is 0 Å². The fourth-order valence-corrected chi connectivity index (χ4v) is 4.26. The molecular weight excluding hydrogens is 275 g/mol. The Bertz CT molecular complexity index is 321. The summed E-state index contributed by atoms with van der Waals surface area (Å²) in [5.74, 6) is 0.356. The standard InChI is InChI=1S/C15H31O4P/c1-4-5-6-8-12-13(15(17)11-14(12)16)9-7-10-20(3,18)19-2/h12-17H,4-11H2,1-3H3. The van der Waals surface area contributed by atoms with Gasteiger partial charge in [0, 0.05) is 19.9 Å². The molecule has 5 heteroatoms. The Labute approximate surface area is 123 Å². The first-order valence-corrected chi connectivity index (χ1v) is 10.2. The molecule has 1 fully saturated rings. The molecule has 1 saturated carbocycles. The molecule has 1 aliphatic rings. The van der Waals surface area contributed by atoms with Gasteiger partial charge in [-0.1, -0.05) is 26.2 Å².